The van der Waals surface area contributed by atoms with Crippen molar-refractivity contribution < 1.29 is 14.5 Å². The molecule has 0 unspecified atom stereocenters. The largest absolute Gasteiger partial charge is 0.326 e. The number of hydrazone groups is 1. The average molecular weight is 409 g/mol. The number of carbonyl (C=O) groups excluding carboxylic acids is 2. The summed E-state index contributed by atoms with van der Waals surface area (Å²) in [6.45, 7) is 0. The lowest BCUT2D eigenvalue weighted by Crippen LogP contribution is -2.20. The standard InChI is InChI=1S/C17H14Cl2N4O4/c18-12-2-1-3-13(9-12)21-16(24)6-7-17(25)22-20-10-11-4-5-14(19)15(8-11)23(26)27/h1-5,8-10H,6-7H2,(H,21,24)(H,22,25). The Kier molecular flexibility index (Phi) is 7.27. The Morgan fingerprint density at radius 1 is 1.11 bits per heavy atom. The molecule has 2 aromatic rings. The normalized spacial score (nSPS) is 10.6. The van der Waals surface area contributed by atoms with Crippen LogP contribution in [0.25, 0.3) is 0 Å². The molecule has 0 saturated carbocycles. The molecule has 2 N–H and O–H groups in total. The van der Waals surface area contributed by atoms with Crippen molar-refractivity contribution in [3.63, 3.8) is 0 Å². The molecule has 2 amide bonds. The van der Waals surface area contributed by atoms with Gasteiger partial charge in [0.15, 0.2) is 0 Å². The highest BCUT2D eigenvalue weighted by Crippen LogP contribution is 2.24. The monoisotopic (exact) mass is 408 g/mol. The summed E-state index contributed by atoms with van der Waals surface area (Å²) in [5.74, 6) is -0.819. The van der Waals surface area contributed by atoms with E-state index >= 15 is 0 Å². The van der Waals surface area contributed by atoms with Crippen LogP contribution in [0.3, 0.4) is 0 Å². The molecule has 0 aliphatic carbocycles. The van der Waals surface area contributed by atoms with Crippen molar-refractivity contribution in [3.8, 4) is 0 Å². The molecule has 0 saturated heterocycles. The number of carbonyl (C=O) groups is 2. The molecular formula is C17H14Cl2N4O4. The van der Waals surface area contributed by atoms with Gasteiger partial charge in [-0.3, -0.25) is 19.7 Å². The summed E-state index contributed by atoms with van der Waals surface area (Å²) < 4.78 is 0. The van der Waals surface area contributed by atoms with Crippen LogP contribution in [0.4, 0.5) is 11.4 Å². The molecule has 0 aliphatic heterocycles. The fourth-order valence-electron chi connectivity index (χ4n) is 2.00. The van der Waals surface area contributed by atoms with E-state index in [1.54, 1.807) is 24.3 Å². The van der Waals surface area contributed by atoms with Crippen LogP contribution in [0.1, 0.15) is 18.4 Å². The number of nitro groups is 1. The van der Waals surface area contributed by atoms with Crippen molar-refractivity contribution in [2.75, 3.05) is 5.32 Å². The van der Waals surface area contributed by atoms with Crippen LogP contribution >= 0.6 is 23.2 Å². The van der Waals surface area contributed by atoms with Crippen molar-refractivity contribution in [2.45, 2.75) is 12.8 Å². The van der Waals surface area contributed by atoms with Crippen LogP contribution in [0.15, 0.2) is 47.6 Å². The molecule has 27 heavy (non-hydrogen) atoms. The van der Waals surface area contributed by atoms with Crippen LogP contribution in [0.5, 0.6) is 0 Å². The Morgan fingerprint density at radius 2 is 1.85 bits per heavy atom. The highest BCUT2D eigenvalue weighted by molar-refractivity contribution is 6.32. The zero-order valence-corrected chi connectivity index (χ0v) is 15.3. The Hall–Kier alpha value is -2.97. The van der Waals surface area contributed by atoms with Gasteiger partial charge in [0.05, 0.1) is 11.1 Å². The van der Waals surface area contributed by atoms with Gasteiger partial charge in [-0.15, -0.1) is 0 Å². The van der Waals surface area contributed by atoms with Crippen LogP contribution < -0.4 is 10.7 Å². The minimum atomic E-state index is -0.614. The third-order valence-corrected chi connectivity index (χ3v) is 3.81. The number of hydrogen-bond acceptors (Lipinski definition) is 5. The smallest absolute Gasteiger partial charge is 0.288 e. The van der Waals surface area contributed by atoms with E-state index in [0.29, 0.717) is 16.3 Å². The first-order chi connectivity index (χ1) is 12.8. The van der Waals surface area contributed by atoms with Crippen molar-refractivity contribution in [2.24, 2.45) is 5.10 Å². The number of nitrogens with one attached hydrogen (secondary N) is 2. The second-order valence-corrected chi connectivity index (χ2v) is 6.16. The first-order valence-electron chi connectivity index (χ1n) is 7.66. The van der Waals surface area contributed by atoms with Gasteiger partial charge in [0, 0.05) is 35.2 Å². The highest BCUT2D eigenvalue weighted by Gasteiger charge is 2.12. The Morgan fingerprint density at radius 3 is 2.56 bits per heavy atom. The third-order valence-electron chi connectivity index (χ3n) is 3.26. The summed E-state index contributed by atoms with van der Waals surface area (Å²) in [5.41, 5.74) is 2.92. The molecule has 0 aliphatic rings. The number of nitrogens with zero attached hydrogens (tertiary/aromatic N) is 2. The van der Waals surface area contributed by atoms with Crippen molar-refractivity contribution in [1.29, 1.82) is 0 Å². The summed E-state index contributed by atoms with van der Waals surface area (Å²) in [5, 5.41) is 17.6. The topological polar surface area (TPSA) is 114 Å². The van der Waals surface area contributed by atoms with Gasteiger partial charge in [0.25, 0.3) is 5.69 Å². The molecule has 10 heteroatoms. The molecule has 0 fully saturated rings. The Balaban J connectivity index is 1.80. The van der Waals surface area contributed by atoms with Gasteiger partial charge in [0.2, 0.25) is 11.8 Å². The van der Waals surface area contributed by atoms with Gasteiger partial charge in [0.1, 0.15) is 5.02 Å². The summed E-state index contributed by atoms with van der Waals surface area (Å²) in [6.07, 6.45) is 1.12. The number of halogens is 2. The van der Waals surface area contributed by atoms with E-state index in [0.717, 1.165) is 0 Å². The lowest BCUT2D eigenvalue weighted by molar-refractivity contribution is -0.384. The maximum Gasteiger partial charge on any atom is 0.288 e. The van der Waals surface area contributed by atoms with E-state index in [1.165, 1.54) is 24.4 Å². The second kappa shape index (κ2) is 9.65. The third kappa shape index (κ3) is 6.69. The number of anilines is 1. The van der Waals surface area contributed by atoms with Crippen molar-refractivity contribution >= 4 is 52.6 Å². The molecular weight excluding hydrogens is 395 g/mol. The van der Waals surface area contributed by atoms with Gasteiger partial charge in [-0.2, -0.15) is 5.10 Å². The molecule has 0 aromatic heterocycles. The van der Waals surface area contributed by atoms with E-state index in [-0.39, 0.29) is 29.5 Å². The second-order valence-electron chi connectivity index (χ2n) is 5.32. The van der Waals surface area contributed by atoms with Crippen molar-refractivity contribution in [3.05, 3.63) is 68.2 Å². The van der Waals surface area contributed by atoms with Gasteiger partial charge in [-0.1, -0.05) is 35.3 Å². The number of hydrogen-bond donors (Lipinski definition) is 2. The predicted octanol–water partition coefficient (Wildman–Crippen LogP) is 3.77. The minimum absolute atomic E-state index is 0.00639. The first-order valence-corrected chi connectivity index (χ1v) is 8.42. The molecule has 0 radical (unpaired) electrons. The van der Waals surface area contributed by atoms with Crippen LogP contribution in [0.2, 0.25) is 10.0 Å². The molecule has 0 bridgehead atoms. The van der Waals surface area contributed by atoms with Gasteiger partial charge < -0.3 is 5.32 Å². The predicted molar refractivity (Wildman–Crippen MR) is 103 cm³/mol. The molecule has 0 heterocycles. The van der Waals surface area contributed by atoms with Crippen LogP contribution in [-0.4, -0.2) is 23.0 Å². The molecule has 2 rings (SSSR count). The Bertz CT molecular complexity index is 902. The average Bonchev–Trinajstić information content (AvgIpc) is 2.61. The maximum atomic E-state index is 11.8. The van der Waals surface area contributed by atoms with Gasteiger partial charge >= 0.3 is 0 Å². The zero-order valence-electron chi connectivity index (χ0n) is 13.8. The first kappa shape index (κ1) is 20.3. The molecule has 140 valence electrons. The summed E-state index contributed by atoms with van der Waals surface area (Å²) in [4.78, 5) is 33.7. The van der Waals surface area contributed by atoms with E-state index in [9.17, 15) is 19.7 Å². The van der Waals surface area contributed by atoms with E-state index < -0.39 is 10.8 Å². The number of rotatable bonds is 7. The maximum absolute atomic E-state index is 11.8. The molecule has 2 aromatic carbocycles. The van der Waals surface area contributed by atoms with E-state index in [2.05, 4.69) is 15.8 Å². The van der Waals surface area contributed by atoms with E-state index in [4.69, 9.17) is 23.2 Å². The zero-order chi connectivity index (χ0) is 19.8. The van der Waals surface area contributed by atoms with Crippen molar-refractivity contribution in [1.82, 2.24) is 5.43 Å². The highest BCUT2D eigenvalue weighted by atomic mass is 35.5. The lowest BCUT2D eigenvalue weighted by Gasteiger charge is -2.05. The fourth-order valence-corrected chi connectivity index (χ4v) is 2.38. The van der Waals surface area contributed by atoms with Gasteiger partial charge in [-0.05, 0) is 24.3 Å². The van der Waals surface area contributed by atoms with Crippen LogP contribution in [-0.2, 0) is 9.59 Å². The number of nitro benzene ring substituents is 1. The molecule has 8 nitrogen and oxygen atoms in total. The lowest BCUT2D eigenvalue weighted by atomic mass is 10.2. The summed E-state index contributed by atoms with van der Waals surface area (Å²) in [6, 6.07) is 10.8. The number of amides is 2. The SMILES string of the molecule is O=C(CCC(=O)Nc1cccc(Cl)c1)NN=Cc1ccc(Cl)c([N+](=O)[O-])c1. The van der Waals surface area contributed by atoms with E-state index in [1.807, 2.05) is 0 Å². The fraction of sp³-hybridized carbons (Fsp3) is 0.118. The Labute approximate surface area is 164 Å². The molecule has 0 spiro atoms. The summed E-state index contributed by atoms with van der Waals surface area (Å²) in [7, 11) is 0. The molecule has 0 atom stereocenters. The summed E-state index contributed by atoms with van der Waals surface area (Å²) >= 11 is 11.5. The quantitative estimate of drug-likeness (QED) is 0.412. The minimum Gasteiger partial charge on any atom is -0.326 e. The van der Waals surface area contributed by atoms with Gasteiger partial charge in [-0.25, -0.2) is 5.43 Å². The van der Waals surface area contributed by atoms with Crippen LogP contribution in [0, 0.1) is 10.1 Å². The number of benzene rings is 2.